The molecule has 2 heterocycles. The van der Waals surface area contributed by atoms with Gasteiger partial charge in [0.1, 0.15) is 5.82 Å². The first-order valence-electron chi connectivity index (χ1n) is 6.57. The molecule has 1 fully saturated rings. The molecular weight excluding hydrogens is 304 g/mol. The van der Waals surface area contributed by atoms with Crippen LogP contribution in [-0.4, -0.2) is 36.4 Å². The first-order chi connectivity index (χ1) is 9.69. The van der Waals surface area contributed by atoms with Gasteiger partial charge in [-0.2, -0.15) is 8.78 Å². The molecule has 1 N–H and O–H groups in total. The minimum atomic E-state index is -3.61. The van der Waals surface area contributed by atoms with Crippen molar-refractivity contribution in [2.75, 3.05) is 12.4 Å². The second-order valence-electron chi connectivity index (χ2n) is 5.93. The number of imidazole rings is 1. The second kappa shape index (κ2) is 5.98. The summed E-state index contributed by atoms with van der Waals surface area (Å²) in [5.41, 5.74) is -0.0356. The molecule has 0 aliphatic carbocycles. The molecule has 0 spiro atoms. The van der Waals surface area contributed by atoms with Crippen molar-refractivity contribution in [3.63, 3.8) is 0 Å². The molecule has 0 aromatic carbocycles. The van der Waals surface area contributed by atoms with Gasteiger partial charge in [-0.3, -0.25) is 4.57 Å². The monoisotopic (exact) mass is 323 g/mol. The molecule has 1 aromatic rings. The van der Waals surface area contributed by atoms with Gasteiger partial charge >= 0.3 is 6.55 Å². The lowest BCUT2D eigenvalue weighted by Crippen LogP contribution is -2.32. The maximum absolute atomic E-state index is 12.6. The summed E-state index contributed by atoms with van der Waals surface area (Å²) in [6.07, 6.45) is 2.60. The van der Waals surface area contributed by atoms with Crippen LogP contribution in [-0.2, 0) is 21.3 Å². The molecule has 6 nitrogen and oxygen atoms in total. The predicted molar refractivity (Wildman–Crippen MR) is 72.2 cm³/mol. The molecule has 120 valence electrons. The Balaban J connectivity index is 1.91. The number of hydrogen-bond acceptors (Lipinski definition) is 4. The van der Waals surface area contributed by atoms with Crippen LogP contribution in [0.2, 0.25) is 0 Å². The molecule has 1 aliphatic heterocycles. The van der Waals surface area contributed by atoms with Crippen molar-refractivity contribution in [3.8, 4) is 0 Å². The Morgan fingerprint density at radius 2 is 2.29 bits per heavy atom. The highest BCUT2D eigenvalue weighted by Gasteiger charge is 2.34. The number of hydrogen-bond donors (Lipinski definition) is 1. The molecule has 21 heavy (non-hydrogen) atoms. The molecule has 1 unspecified atom stereocenters. The highest BCUT2D eigenvalue weighted by Crippen LogP contribution is 2.31. The third-order valence-electron chi connectivity index (χ3n) is 3.30. The van der Waals surface area contributed by atoms with Gasteiger partial charge < -0.3 is 4.74 Å². The number of rotatable bonds is 6. The Bertz CT molecular complexity index is 586. The quantitative estimate of drug-likeness (QED) is 0.861. The van der Waals surface area contributed by atoms with Crippen molar-refractivity contribution in [3.05, 3.63) is 18.2 Å². The van der Waals surface area contributed by atoms with E-state index in [0.717, 1.165) is 6.20 Å². The van der Waals surface area contributed by atoms with Crippen molar-refractivity contribution < 1.29 is 21.9 Å². The summed E-state index contributed by atoms with van der Waals surface area (Å²) in [5.74, 6) is -0.201. The van der Waals surface area contributed by atoms with Crippen LogP contribution in [0.3, 0.4) is 0 Å². The smallest absolute Gasteiger partial charge is 0.319 e. The van der Waals surface area contributed by atoms with Crippen LogP contribution in [0.4, 0.5) is 8.78 Å². The summed E-state index contributed by atoms with van der Waals surface area (Å²) >= 11 is 0. The molecule has 0 radical (unpaired) electrons. The van der Waals surface area contributed by atoms with Crippen molar-refractivity contribution in [2.24, 2.45) is 5.41 Å². The standard InChI is InChI=1S/C12H19F2N3O3S/c1-12(2)5-9(20-8-12)7-21(18,19)16-6-10-15-3-4-17(10)11(13)14/h3-4,9,11,16H,5-8H2,1-2H3. The molecule has 1 saturated heterocycles. The third kappa shape index (κ3) is 4.45. The zero-order chi connectivity index (χ0) is 15.7. The fraction of sp³-hybridized carbons (Fsp3) is 0.750. The highest BCUT2D eigenvalue weighted by atomic mass is 32.2. The van der Waals surface area contributed by atoms with Gasteiger partial charge in [0.05, 0.1) is 25.0 Å². The second-order valence-corrected chi connectivity index (χ2v) is 7.78. The van der Waals surface area contributed by atoms with E-state index in [1.54, 1.807) is 0 Å². The summed E-state index contributed by atoms with van der Waals surface area (Å²) in [6.45, 7) is 1.52. The van der Waals surface area contributed by atoms with E-state index in [0.29, 0.717) is 17.6 Å². The van der Waals surface area contributed by atoms with Gasteiger partial charge in [0.25, 0.3) is 0 Å². The lowest BCUT2D eigenvalue weighted by atomic mass is 9.91. The molecular formula is C12H19F2N3O3S. The van der Waals surface area contributed by atoms with Crippen LogP contribution >= 0.6 is 0 Å². The van der Waals surface area contributed by atoms with Crippen molar-refractivity contribution in [2.45, 2.75) is 39.5 Å². The maximum Gasteiger partial charge on any atom is 0.319 e. The molecule has 0 saturated carbocycles. The fourth-order valence-electron chi connectivity index (χ4n) is 2.32. The summed E-state index contributed by atoms with van der Waals surface area (Å²) in [4.78, 5) is 3.72. The molecule has 0 bridgehead atoms. The van der Waals surface area contributed by atoms with Crippen molar-refractivity contribution in [1.82, 2.24) is 14.3 Å². The van der Waals surface area contributed by atoms with Gasteiger partial charge in [0.15, 0.2) is 0 Å². The van der Waals surface area contributed by atoms with Gasteiger partial charge in [0, 0.05) is 12.4 Å². The lowest BCUT2D eigenvalue weighted by Gasteiger charge is -2.14. The molecule has 2 rings (SSSR count). The molecule has 1 aromatic heterocycles. The van der Waals surface area contributed by atoms with E-state index in [-0.39, 0.29) is 29.6 Å². The van der Waals surface area contributed by atoms with E-state index < -0.39 is 16.6 Å². The Labute approximate surface area is 122 Å². The molecule has 1 atom stereocenters. The van der Waals surface area contributed by atoms with E-state index in [4.69, 9.17) is 4.74 Å². The number of alkyl halides is 2. The average molecular weight is 323 g/mol. The maximum atomic E-state index is 12.6. The summed E-state index contributed by atoms with van der Waals surface area (Å²) in [6, 6.07) is 0. The van der Waals surface area contributed by atoms with Crippen LogP contribution < -0.4 is 4.72 Å². The van der Waals surface area contributed by atoms with Crippen LogP contribution in [0.1, 0.15) is 32.6 Å². The van der Waals surface area contributed by atoms with Crippen LogP contribution in [0.25, 0.3) is 0 Å². The van der Waals surface area contributed by atoms with Crippen LogP contribution in [0.15, 0.2) is 12.4 Å². The topological polar surface area (TPSA) is 73.2 Å². The van der Waals surface area contributed by atoms with Gasteiger partial charge in [-0.25, -0.2) is 18.1 Å². The van der Waals surface area contributed by atoms with Crippen LogP contribution in [0.5, 0.6) is 0 Å². The van der Waals surface area contributed by atoms with Gasteiger partial charge in [-0.15, -0.1) is 0 Å². The molecule has 0 amide bonds. The van der Waals surface area contributed by atoms with E-state index >= 15 is 0 Å². The fourth-order valence-corrected chi connectivity index (χ4v) is 3.49. The number of nitrogens with one attached hydrogen (secondary N) is 1. The number of halogens is 2. The lowest BCUT2D eigenvalue weighted by molar-refractivity contribution is 0.0668. The van der Waals surface area contributed by atoms with E-state index in [9.17, 15) is 17.2 Å². The van der Waals surface area contributed by atoms with Crippen molar-refractivity contribution in [1.29, 1.82) is 0 Å². The van der Waals surface area contributed by atoms with Crippen molar-refractivity contribution >= 4 is 10.0 Å². The number of aromatic nitrogens is 2. The Morgan fingerprint density at radius 1 is 1.57 bits per heavy atom. The first-order valence-corrected chi connectivity index (χ1v) is 8.23. The number of sulfonamides is 1. The minimum Gasteiger partial charge on any atom is -0.377 e. The zero-order valence-electron chi connectivity index (χ0n) is 11.9. The highest BCUT2D eigenvalue weighted by molar-refractivity contribution is 7.89. The Hall–Kier alpha value is -1.06. The van der Waals surface area contributed by atoms with E-state index in [1.807, 2.05) is 13.8 Å². The van der Waals surface area contributed by atoms with E-state index in [1.165, 1.54) is 6.20 Å². The Morgan fingerprint density at radius 3 is 2.86 bits per heavy atom. The van der Waals surface area contributed by atoms with E-state index in [2.05, 4.69) is 9.71 Å². The summed E-state index contributed by atoms with van der Waals surface area (Å²) < 4.78 is 57.5. The van der Waals surface area contributed by atoms with Gasteiger partial charge in [-0.05, 0) is 11.8 Å². The van der Waals surface area contributed by atoms with Gasteiger partial charge in [0.2, 0.25) is 10.0 Å². The van der Waals surface area contributed by atoms with Gasteiger partial charge in [-0.1, -0.05) is 13.8 Å². The zero-order valence-corrected chi connectivity index (χ0v) is 12.7. The minimum absolute atomic E-state index is 0.0266. The average Bonchev–Trinajstić information content (AvgIpc) is 2.93. The Kier molecular flexibility index (Phi) is 4.64. The number of nitrogens with zero attached hydrogens (tertiary/aromatic N) is 2. The normalized spacial score (nSPS) is 22.0. The number of ether oxygens (including phenoxy) is 1. The summed E-state index contributed by atoms with van der Waals surface area (Å²) in [5, 5.41) is 0. The molecule has 1 aliphatic rings. The summed E-state index contributed by atoms with van der Waals surface area (Å²) in [7, 11) is -3.61. The largest absolute Gasteiger partial charge is 0.377 e. The first kappa shape index (κ1) is 16.3. The third-order valence-corrected chi connectivity index (χ3v) is 4.70. The van der Waals surface area contributed by atoms with Crippen LogP contribution in [0, 0.1) is 5.41 Å². The SMILES string of the molecule is CC1(C)COC(CS(=O)(=O)NCc2nccn2C(F)F)C1. The predicted octanol–water partition coefficient (Wildman–Crippen LogP) is 1.51. The molecule has 9 heteroatoms.